The van der Waals surface area contributed by atoms with E-state index in [0.717, 1.165) is 29.7 Å². The first-order valence-corrected chi connectivity index (χ1v) is 12.7. The summed E-state index contributed by atoms with van der Waals surface area (Å²) in [5.41, 5.74) is 2.93. The van der Waals surface area contributed by atoms with Crippen LogP contribution in [0.2, 0.25) is 0 Å². The van der Waals surface area contributed by atoms with Gasteiger partial charge in [-0.15, -0.1) is 0 Å². The molecular formula is C25H31N3O3S. The molecule has 0 atom stereocenters. The molecule has 2 aromatic carbocycles. The number of carbonyl (C=O) groups is 1. The minimum atomic E-state index is -3.97. The fourth-order valence-electron chi connectivity index (χ4n) is 4.53. The minimum Gasteiger partial charge on any atom is -0.325 e. The molecule has 4 rings (SSSR count). The van der Waals surface area contributed by atoms with E-state index >= 15 is 0 Å². The largest absolute Gasteiger partial charge is 0.325 e. The number of rotatable bonds is 4. The summed E-state index contributed by atoms with van der Waals surface area (Å²) in [6, 6.07) is 12.3. The lowest BCUT2D eigenvalue weighted by molar-refractivity contribution is 0.0981. The molecule has 1 saturated carbocycles. The van der Waals surface area contributed by atoms with Crippen molar-refractivity contribution in [3.63, 3.8) is 0 Å². The fourth-order valence-corrected chi connectivity index (χ4v) is 5.51. The molecular weight excluding hydrogens is 422 g/mol. The average molecular weight is 454 g/mol. The molecule has 170 valence electrons. The van der Waals surface area contributed by atoms with E-state index in [4.69, 9.17) is 0 Å². The average Bonchev–Trinajstić information content (AvgIpc) is 3.08. The molecule has 3 aromatic rings. The van der Waals surface area contributed by atoms with Crippen LogP contribution in [0.4, 0.5) is 0 Å². The third-order valence-corrected chi connectivity index (χ3v) is 7.67. The zero-order valence-corrected chi connectivity index (χ0v) is 20.0. The SMILES string of the molecule is Cc1nc2cc(C(=O)NS(=O)(=O)c3ccc(C(C)(C)C)cc3)ccc2n1C1CCCCC1. The molecule has 6 nitrogen and oxygen atoms in total. The maximum atomic E-state index is 12.8. The van der Waals surface area contributed by atoms with Crippen molar-refractivity contribution >= 4 is 27.0 Å². The number of hydrogen-bond acceptors (Lipinski definition) is 4. The molecule has 1 aromatic heterocycles. The highest BCUT2D eigenvalue weighted by Gasteiger charge is 2.23. The first kappa shape index (κ1) is 22.5. The van der Waals surface area contributed by atoms with Crippen molar-refractivity contribution < 1.29 is 13.2 Å². The summed E-state index contributed by atoms with van der Waals surface area (Å²) < 4.78 is 30.0. The number of aryl methyl sites for hydroxylation is 1. The Balaban J connectivity index is 1.57. The van der Waals surface area contributed by atoms with Crippen molar-refractivity contribution in [2.75, 3.05) is 0 Å². The predicted octanol–water partition coefficient (Wildman–Crippen LogP) is 5.27. The first-order chi connectivity index (χ1) is 15.1. The van der Waals surface area contributed by atoms with E-state index in [1.165, 1.54) is 31.4 Å². The van der Waals surface area contributed by atoms with Gasteiger partial charge in [-0.1, -0.05) is 52.2 Å². The Labute approximate surface area is 190 Å². The van der Waals surface area contributed by atoms with Gasteiger partial charge in [-0.3, -0.25) is 4.79 Å². The van der Waals surface area contributed by atoms with Gasteiger partial charge in [-0.05, 0) is 61.1 Å². The van der Waals surface area contributed by atoms with Gasteiger partial charge in [0.1, 0.15) is 5.82 Å². The molecule has 0 radical (unpaired) electrons. The first-order valence-electron chi connectivity index (χ1n) is 11.2. The maximum absolute atomic E-state index is 12.8. The third-order valence-electron chi connectivity index (χ3n) is 6.33. The summed E-state index contributed by atoms with van der Waals surface area (Å²) in [5.74, 6) is 0.271. The topological polar surface area (TPSA) is 81.1 Å². The number of nitrogens with one attached hydrogen (secondary N) is 1. The van der Waals surface area contributed by atoms with Crippen LogP contribution in [-0.4, -0.2) is 23.9 Å². The van der Waals surface area contributed by atoms with Gasteiger partial charge in [0.05, 0.1) is 15.9 Å². The fraction of sp³-hybridized carbons (Fsp3) is 0.440. The molecule has 32 heavy (non-hydrogen) atoms. The van der Waals surface area contributed by atoms with Crippen LogP contribution < -0.4 is 4.72 Å². The van der Waals surface area contributed by atoms with E-state index in [-0.39, 0.29) is 15.9 Å². The van der Waals surface area contributed by atoms with Crippen LogP contribution in [0, 0.1) is 6.92 Å². The molecule has 0 bridgehead atoms. The number of carbonyl (C=O) groups excluding carboxylic acids is 1. The smallest absolute Gasteiger partial charge is 0.265 e. The summed E-state index contributed by atoms with van der Waals surface area (Å²) >= 11 is 0. The van der Waals surface area contributed by atoms with Gasteiger partial charge in [0.15, 0.2) is 0 Å². The highest BCUT2D eigenvalue weighted by Crippen LogP contribution is 2.32. The Kier molecular flexibility index (Phi) is 5.88. The highest BCUT2D eigenvalue weighted by molar-refractivity contribution is 7.90. The molecule has 1 heterocycles. The number of benzene rings is 2. The summed E-state index contributed by atoms with van der Waals surface area (Å²) in [6.45, 7) is 8.17. The van der Waals surface area contributed by atoms with Crippen molar-refractivity contribution in [2.24, 2.45) is 0 Å². The molecule has 0 aliphatic heterocycles. The van der Waals surface area contributed by atoms with Crippen LogP contribution in [0.25, 0.3) is 11.0 Å². The number of amides is 1. The van der Waals surface area contributed by atoms with E-state index in [0.29, 0.717) is 11.6 Å². The maximum Gasteiger partial charge on any atom is 0.265 e. The summed E-state index contributed by atoms with van der Waals surface area (Å²) in [6.07, 6.45) is 6.00. The molecule has 0 unspecified atom stereocenters. The number of aromatic nitrogens is 2. The monoisotopic (exact) mass is 453 g/mol. The number of nitrogens with zero attached hydrogens (tertiary/aromatic N) is 2. The Morgan fingerprint density at radius 1 is 1.03 bits per heavy atom. The molecule has 1 amide bonds. The van der Waals surface area contributed by atoms with Crippen LogP contribution in [0.1, 0.15) is 80.7 Å². The number of sulfonamides is 1. The van der Waals surface area contributed by atoms with Crippen LogP contribution in [0.3, 0.4) is 0 Å². The van der Waals surface area contributed by atoms with Crippen molar-refractivity contribution in [2.45, 2.75) is 76.2 Å². The molecule has 1 aliphatic rings. The standard InChI is InChI=1S/C25H31N3O3S/c1-17-26-22-16-18(10-15-23(22)28(17)20-8-6-5-7-9-20)24(29)27-32(30,31)21-13-11-19(12-14-21)25(2,3)4/h10-16,20H,5-9H2,1-4H3,(H,27,29). The Hall–Kier alpha value is -2.67. The van der Waals surface area contributed by atoms with E-state index in [1.54, 1.807) is 24.3 Å². The van der Waals surface area contributed by atoms with E-state index in [9.17, 15) is 13.2 Å². The van der Waals surface area contributed by atoms with Crippen LogP contribution >= 0.6 is 0 Å². The molecule has 1 fully saturated rings. The van der Waals surface area contributed by atoms with Crippen LogP contribution in [-0.2, 0) is 15.4 Å². The molecule has 0 saturated heterocycles. The molecule has 0 spiro atoms. The number of hydrogen-bond donors (Lipinski definition) is 1. The number of imidazole rings is 1. The summed E-state index contributed by atoms with van der Waals surface area (Å²) in [7, 11) is -3.97. The third kappa shape index (κ3) is 4.44. The van der Waals surface area contributed by atoms with Crippen LogP contribution in [0.15, 0.2) is 47.4 Å². The second kappa shape index (κ2) is 8.35. The predicted molar refractivity (Wildman–Crippen MR) is 126 cm³/mol. The van der Waals surface area contributed by atoms with Gasteiger partial charge in [0, 0.05) is 11.6 Å². The van der Waals surface area contributed by atoms with Crippen molar-refractivity contribution in [1.29, 1.82) is 0 Å². The van der Waals surface area contributed by atoms with Gasteiger partial charge in [-0.25, -0.2) is 18.1 Å². The second-order valence-electron chi connectivity index (χ2n) is 9.73. The summed E-state index contributed by atoms with van der Waals surface area (Å²) in [4.78, 5) is 17.5. The second-order valence-corrected chi connectivity index (χ2v) is 11.4. The van der Waals surface area contributed by atoms with E-state index in [2.05, 4.69) is 35.0 Å². The molecule has 1 aliphatic carbocycles. The zero-order valence-electron chi connectivity index (χ0n) is 19.2. The van der Waals surface area contributed by atoms with Gasteiger partial charge < -0.3 is 4.57 Å². The molecule has 1 N–H and O–H groups in total. The highest BCUT2D eigenvalue weighted by atomic mass is 32.2. The lowest BCUT2D eigenvalue weighted by Crippen LogP contribution is -2.30. The normalized spacial score (nSPS) is 15.8. The van der Waals surface area contributed by atoms with Gasteiger partial charge >= 0.3 is 0 Å². The Morgan fingerprint density at radius 3 is 2.31 bits per heavy atom. The zero-order chi connectivity index (χ0) is 23.1. The lowest BCUT2D eigenvalue weighted by Gasteiger charge is -2.25. The van der Waals surface area contributed by atoms with E-state index in [1.807, 2.05) is 13.0 Å². The van der Waals surface area contributed by atoms with Crippen molar-refractivity contribution in [1.82, 2.24) is 14.3 Å². The Bertz CT molecular complexity index is 1250. The lowest BCUT2D eigenvalue weighted by atomic mass is 9.87. The van der Waals surface area contributed by atoms with Gasteiger partial charge in [0.2, 0.25) is 0 Å². The van der Waals surface area contributed by atoms with Crippen LogP contribution in [0.5, 0.6) is 0 Å². The Morgan fingerprint density at radius 2 is 1.69 bits per heavy atom. The summed E-state index contributed by atoms with van der Waals surface area (Å²) in [5, 5.41) is 0. The number of fused-ring (bicyclic) bond motifs is 1. The van der Waals surface area contributed by atoms with Gasteiger partial charge in [-0.2, -0.15) is 0 Å². The van der Waals surface area contributed by atoms with Gasteiger partial charge in [0.25, 0.3) is 15.9 Å². The van der Waals surface area contributed by atoms with E-state index < -0.39 is 15.9 Å². The van der Waals surface area contributed by atoms with Crippen molar-refractivity contribution in [3.05, 3.63) is 59.4 Å². The minimum absolute atomic E-state index is 0.0670. The quantitative estimate of drug-likeness (QED) is 0.584. The van der Waals surface area contributed by atoms with Crippen molar-refractivity contribution in [3.8, 4) is 0 Å². The molecule has 7 heteroatoms.